The van der Waals surface area contributed by atoms with Gasteiger partial charge in [0.2, 0.25) is 0 Å². The SMILES string of the molecule is CCCCN(CC(NC)c1ccc(CC)cc1)C1CC1. The van der Waals surface area contributed by atoms with E-state index in [1.807, 2.05) is 0 Å². The lowest BCUT2D eigenvalue weighted by molar-refractivity contribution is 0.233. The summed E-state index contributed by atoms with van der Waals surface area (Å²) in [5.74, 6) is 0. The van der Waals surface area contributed by atoms with Gasteiger partial charge in [-0.25, -0.2) is 0 Å². The molecule has 2 rings (SSSR count). The number of nitrogens with one attached hydrogen (secondary N) is 1. The van der Waals surface area contributed by atoms with Crippen molar-refractivity contribution in [2.24, 2.45) is 0 Å². The minimum Gasteiger partial charge on any atom is -0.312 e. The van der Waals surface area contributed by atoms with Crippen LogP contribution >= 0.6 is 0 Å². The average Bonchev–Trinajstić information content (AvgIpc) is 3.32. The van der Waals surface area contributed by atoms with Crippen LogP contribution in [0.1, 0.15) is 56.7 Å². The van der Waals surface area contributed by atoms with E-state index in [-0.39, 0.29) is 0 Å². The molecule has 0 saturated heterocycles. The Morgan fingerprint density at radius 2 is 1.90 bits per heavy atom. The number of unbranched alkanes of at least 4 members (excludes halogenated alkanes) is 1. The van der Waals surface area contributed by atoms with E-state index in [9.17, 15) is 0 Å². The summed E-state index contributed by atoms with van der Waals surface area (Å²) < 4.78 is 0. The van der Waals surface area contributed by atoms with Crippen molar-refractivity contribution in [2.45, 2.75) is 58.0 Å². The van der Waals surface area contributed by atoms with E-state index in [0.29, 0.717) is 6.04 Å². The molecule has 2 nitrogen and oxygen atoms in total. The van der Waals surface area contributed by atoms with Gasteiger partial charge in [0.25, 0.3) is 0 Å². The third kappa shape index (κ3) is 4.32. The molecule has 1 aromatic rings. The second kappa shape index (κ2) is 7.80. The molecule has 1 aliphatic rings. The quantitative estimate of drug-likeness (QED) is 0.737. The van der Waals surface area contributed by atoms with E-state index in [0.717, 1.165) is 19.0 Å². The molecule has 0 heterocycles. The molecule has 1 fully saturated rings. The summed E-state index contributed by atoms with van der Waals surface area (Å²) in [6.45, 7) is 6.90. The van der Waals surface area contributed by atoms with Gasteiger partial charge in [-0.05, 0) is 50.4 Å². The van der Waals surface area contributed by atoms with Crippen LogP contribution in [-0.2, 0) is 6.42 Å². The van der Waals surface area contributed by atoms with Gasteiger partial charge in [0.15, 0.2) is 0 Å². The van der Waals surface area contributed by atoms with Crippen LogP contribution in [0.25, 0.3) is 0 Å². The first-order valence-electron chi connectivity index (χ1n) is 8.28. The number of rotatable bonds is 9. The zero-order valence-corrected chi connectivity index (χ0v) is 13.4. The molecule has 20 heavy (non-hydrogen) atoms. The van der Waals surface area contributed by atoms with Gasteiger partial charge in [-0.2, -0.15) is 0 Å². The topological polar surface area (TPSA) is 15.3 Å². The maximum atomic E-state index is 3.50. The van der Waals surface area contributed by atoms with E-state index in [1.54, 1.807) is 0 Å². The lowest BCUT2D eigenvalue weighted by Gasteiger charge is -2.27. The highest BCUT2D eigenvalue weighted by Gasteiger charge is 2.30. The minimum absolute atomic E-state index is 0.457. The zero-order chi connectivity index (χ0) is 14.4. The van der Waals surface area contributed by atoms with Crippen LogP contribution in [0.2, 0.25) is 0 Å². The summed E-state index contributed by atoms with van der Waals surface area (Å²) in [6, 6.07) is 10.4. The first-order chi connectivity index (χ1) is 9.78. The normalized spacial score (nSPS) is 16.6. The molecule has 2 heteroatoms. The molecule has 1 aliphatic carbocycles. The van der Waals surface area contributed by atoms with Gasteiger partial charge in [-0.3, -0.25) is 4.90 Å². The van der Waals surface area contributed by atoms with Gasteiger partial charge < -0.3 is 5.32 Å². The lowest BCUT2D eigenvalue weighted by Crippen LogP contribution is -2.36. The van der Waals surface area contributed by atoms with Crippen molar-refractivity contribution in [1.29, 1.82) is 0 Å². The molecule has 0 radical (unpaired) electrons. The van der Waals surface area contributed by atoms with Crippen molar-refractivity contribution in [3.05, 3.63) is 35.4 Å². The van der Waals surface area contributed by atoms with Gasteiger partial charge in [0.05, 0.1) is 0 Å². The first-order valence-corrected chi connectivity index (χ1v) is 8.28. The molecular formula is C18H30N2. The zero-order valence-electron chi connectivity index (χ0n) is 13.4. The standard InChI is InChI=1S/C18H30N2/c1-4-6-13-20(17-11-12-17)14-18(19-3)16-9-7-15(5-2)8-10-16/h7-10,17-19H,4-6,11-14H2,1-3H3. The highest BCUT2D eigenvalue weighted by molar-refractivity contribution is 5.25. The summed E-state index contributed by atoms with van der Waals surface area (Å²) in [5, 5.41) is 3.50. The molecule has 1 saturated carbocycles. The summed E-state index contributed by atoms with van der Waals surface area (Å²) in [4.78, 5) is 2.69. The van der Waals surface area contributed by atoms with E-state index in [1.165, 1.54) is 43.4 Å². The van der Waals surface area contributed by atoms with E-state index in [4.69, 9.17) is 0 Å². The van der Waals surface area contributed by atoms with Crippen molar-refractivity contribution in [3.8, 4) is 0 Å². The summed E-state index contributed by atoms with van der Waals surface area (Å²) in [7, 11) is 2.09. The molecule has 0 spiro atoms. The Bertz CT molecular complexity index is 381. The second-order valence-electron chi connectivity index (χ2n) is 6.02. The second-order valence-corrected chi connectivity index (χ2v) is 6.02. The molecule has 1 N–H and O–H groups in total. The maximum absolute atomic E-state index is 3.50. The number of benzene rings is 1. The number of hydrogen-bond acceptors (Lipinski definition) is 2. The Morgan fingerprint density at radius 3 is 2.40 bits per heavy atom. The van der Waals surface area contributed by atoms with Crippen molar-refractivity contribution in [3.63, 3.8) is 0 Å². The fourth-order valence-electron chi connectivity index (χ4n) is 2.81. The van der Waals surface area contributed by atoms with E-state index in [2.05, 4.69) is 55.4 Å². The highest BCUT2D eigenvalue weighted by atomic mass is 15.2. The summed E-state index contributed by atoms with van der Waals surface area (Å²) in [5.41, 5.74) is 2.85. The third-order valence-corrected chi connectivity index (χ3v) is 4.42. The summed E-state index contributed by atoms with van der Waals surface area (Å²) in [6.07, 6.45) is 6.53. The Labute approximate surface area is 124 Å². The largest absolute Gasteiger partial charge is 0.312 e. The molecule has 0 bridgehead atoms. The molecular weight excluding hydrogens is 244 g/mol. The average molecular weight is 274 g/mol. The molecule has 112 valence electrons. The number of nitrogens with zero attached hydrogens (tertiary/aromatic N) is 1. The number of hydrogen-bond donors (Lipinski definition) is 1. The van der Waals surface area contributed by atoms with Crippen LogP contribution in [0.15, 0.2) is 24.3 Å². The first kappa shape index (κ1) is 15.5. The fourth-order valence-corrected chi connectivity index (χ4v) is 2.81. The van der Waals surface area contributed by atoms with Crippen LogP contribution in [0.3, 0.4) is 0 Å². The smallest absolute Gasteiger partial charge is 0.0446 e. The Morgan fingerprint density at radius 1 is 1.20 bits per heavy atom. The van der Waals surface area contributed by atoms with Crippen molar-refractivity contribution >= 4 is 0 Å². The van der Waals surface area contributed by atoms with Gasteiger partial charge in [-0.1, -0.05) is 44.5 Å². The van der Waals surface area contributed by atoms with Gasteiger partial charge in [0.1, 0.15) is 0 Å². The van der Waals surface area contributed by atoms with Crippen LogP contribution in [0, 0.1) is 0 Å². The van der Waals surface area contributed by atoms with Crippen LogP contribution in [0.4, 0.5) is 0 Å². The molecule has 1 unspecified atom stereocenters. The molecule has 1 aromatic carbocycles. The van der Waals surface area contributed by atoms with Gasteiger partial charge >= 0.3 is 0 Å². The van der Waals surface area contributed by atoms with Gasteiger partial charge in [0, 0.05) is 18.6 Å². The van der Waals surface area contributed by atoms with E-state index >= 15 is 0 Å². The van der Waals surface area contributed by atoms with Gasteiger partial charge in [-0.15, -0.1) is 0 Å². The Kier molecular flexibility index (Phi) is 6.06. The van der Waals surface area contributed by atoms with Crippen LogP contribution in [0.5, 0.6) is 0 Å². The fraction of sp³-hybridized carbons (Fsp3) is 0.667. The molecule has 1 atom stereocenters. The van der Waals surface area contributed by atoms with Crippen LogP contribution in [-0.4, -0.2) is 31.1 Å². The number of aryl methyl sites for hydroxylation is 1. The monoisotopic (exact) mass is 274 g/mol. The molecule has 0 amide bonds. The van der Waals surface area contributed by atoms with Crippen molar-refractivity contribution < 1.29 is 0 Å². The molecule has 0 aliphatic heterocycles. The third-order valence-electron chi connectivity index (χ3n) is 4.42. The molecule has 0 aromatic heterocycles. The summed E-state index contributed by atoms with van der Waals surface area (Å²) >= 11 is 0. The van der Waals surface area contributed by atoms with Crippen molar-refractivity contribution in [1.82, 2.24) is 10.2 Å². The van der Waals surface area contributed by atoms with Crippen LogP contribution < -0.4 is 5.32 Å². The van der Waals surface area contributed by atoms with E-state index < -0.39 is 0 Å². The number of likely N-dealkylation sites (N-methyl/N-ethyl adjacent to an activating group) is 1. The Balaban J connectivity index is 1.98. The predicted octanol–water partition coefficient (Wildman–Crippen LogP) is 3.77. The Hall–Kier alpha value is -0.860. The minimum atomic E-state index is 0.457. The van der Waals surface area contributed by atoms with Crippen molar-refractivity contribution in [2.75, 3.05) is 20.1 Å². The highest BCUT2D eigenvalue weighted by Crippen LogP contribution is 2.29. The lowest BCUT2D eigenvalue weighted by atomic mass is 10.0. The maximum Gasteiger partial charge on any atom is 0.0446 e. The predicted molar refractivity (Wildman–Crippen MR) is 87.1 cm³/mol.